The summed E-state index contributed by atoms with van der Waals surface area (Å²) in [6.07, 6.45) is 11.5. The average Bonchev–Trinajstić information content (AvgIpc) is 3.72. The first-order chi connectivity index (χ1) is 17.9. The quantitative estimate of drug-likeness (QED) is 0.219. The van der Waals surface area contributed by atoms with Crippen molar-refractivity contribution in [3.63, 3.8) is 0 Å². The summed E-state index contributed by atoms with van der Waals surface area (Å²) in [5.41, 5.74) is 11.4. The van der Waals surface area contributed by atoms with Crippen LogP contribution >= 0.6 is 0 Å². The molecule has 4 aromatic rings. The molecular weight excluding hydrogens is 528 g/mol. The van der Waals surface area contributed by atoms with Crippen LogP contribution in [0.4, 0.5) is 0 Å². The maximum absolute atomic E-state index is 2.58. The minimum atomic E-state index is -1.97. The molecule has 2 heteroatoms. The predicted octanol–water partition coefficient (Wildman–Crippen LogP) is 9.34. The molecule has 0 nitrogen and oxygen atoms in total. The van der Waals surface area contributed by atoms with Gasteiger partial charge in [0.15, 0.2) is 0 Å². The second kappa shape index (κ2) is 9.73. The van der Waals surface area contributed by atoms with Crippen LogP contribution < -0.4 is 0 Å². The summed E-state index contributed by atoms with van der Waals surface area (Å²) in [6.45, 7) is 0. The van der Waals surface area contributed by atoms with Crippen LogP contribution in [0.3, 0.4) is 0 Å². The second-order valence-electron chi connectivity index (χ2n) is 10.3. The molecule has 4 aromatic carbocycles. The zero-order chi connectivity index (χ0) is 23.9. The molecule has 0 aromatic heterocycles. The fourth-order valence-corrected chi connectivity index (χ4v) is 30.5. The third-order valence-corrected chi connectivity index (χ3v) is 29.4. The summed E-state index contributed by atoms with van der Waals surface area (Å²) in [6, 6.07) is 39.8. The average molecular weight is 558 g/mol. The van der Waals surface area contributed by atoms with Crippen molar-refractivity contribution in [1.29, 1.82) is 0 Å². The molecule has 1 heterocycles. The van der Waals surface area contributed by atoms with Crippen LogP contribution in [0.1, 0.15) is 34.0 Å². The first-order valence-corrected chi connectivity index (χ1v) is 21.6. The fraction of sp³-hybridized carbons (Fsp3) is 0.176. The number of hydrogen-bond acceptors (Lipinski definition) is 0. The fourth-order valence-electron chi connectivity index (χ4n) is 6.53. The van der Waals surface area contributed by atoms with Gasteiger partial charge in [0.1, 0.15) is 0 Å². The van der Waals surface area contributed by atoms with E-state index >= 15 is 0 Å². The van der Waals surface area contributed by atoms with E-state index < -0.39 is 20.4 Å². The predicted molar refractivity (Wildman–Crippen MR) is 151 cm³/mol. The summed E-state index contributed by atoms with van der Waals surface area (Å²) < 4.78 is 2.54. The normalized spacial score (nSPS) is 16.2. The molecule has 0 atom stereocenters. The van der Waals surface area contributed by atoms with Gasteiger partial charge in [0, 0.05) is 0 Å². The summed E-state index contributed by atoms with van der Waals surface area (Å²) in [5, 5.41) is 0. The van der Waals surface area contributed by atoms with E-state index in [4.69, 9.17) is 0 Å². The van der Waals surface area contributed by atoms with Crippen LogP contribution in [-0.2, 0) is 20.4 Å². The zero-order valence-electron chi connectivity index (χ0n) is 20.6. The van der Waals surface area contributed by atoms with Gasteiger partial charge in [-0.15, -0.1) is 0 Å². The molecule has 1 fully saturated rings. The van der Waals surface area contributed by atoms with Crippen molar-refractivity contribution in [3.8, 4) is 33.4 Å². The molecule has 36 heavy (non-hydrogen) atoms. The van der Waals surface area contributed by atoms with Crippen molar-refractivity contribution in [2.75, 3.05) is 0 Å². The number of benzene rings is 4. The first kappa shape index (κ1) is 22.6. The molecule has 0 saturated carbocycles. The van der Waals surface area contributed by atoms with Crippen LogP contribution in [0.15, 0.2) is 119 Å². The molecule has 0 radical (unpaired) electrons. The van der Waals surface area contributed by atoms with E-state index in [0.717, 1.165) is 0 Å². The van der Waals surface area contributed by atoms with Crippen LogP contribution in [0.25, 0.3) is 33.4 Å². The molecule has 0 N–H and O–H groups in total. The Balaban J connectivity index is 1.46. The van der Waals surface area contributed by atoms with Crippen molar-refractivity contribution in [2.24, 2.45) is 0 Å². The Labute approximate surface area is 222 Å². The summed E-state index contributed by atoms with van der Waals surface area (Å²) in [7, 11) is 0. The van der Waals surface area contributed by atoms with Crippen molar-refractivity contribution in [2.45, 2.75) is 35.0 Å². The van der Waals surface area contributed by atoms with Crippen molar-refractivity contribution >= 4 is 5.43 Å². The Hall–Kier alpha value is -2.54. The van der Waals surface area contributed by atoms with E-state index in [2.05, 4.69) is 115 Å². The van der Waals surface area contributed by atoms with Gasteiger partial charge in [-0.3, -0.25) is 0 Å². The molecule has 1 aliphatic heterocycles. The van der Waals surface area contributed by atoms with Crippen LogP contribution in [0, 0.1) is 0 Å². The molecule has 2 aliphatic carbocycles. The standard InChI is InChI=1S/C25H17.C5H5.C4H8Si.Zr/c1-3-7-18(8-4-1)20-11-13-24-22(15-20)17-23-16-21(12-14-25(23)24)19-9-5-2-6-10-19;2*1-2-4-5-3-1;/h1-17H;1-3H,4H2;1-4H2;. The molecule has 0 spiro atoms. The van der Waals surface area contributed by atoms with Crippen molar-refractivity contribution in [3.05, 3.63) is 130 Å². The van der Waals surface area contributed by atoms with E-state index in [1.165, 1.54) is 52.6 Å². The summed E-state index contributed by atoms with van der Waals surface area (Å²) in [5.74, 6) is 0. The van der Waals surface area contributed by atoms with Gasteiger partial charge in [0.25, 0.3) is 0 Å². The van der Waals surface area contributed by atoms with Gasteiger partial charge >= 0.3 is 224 Å². The molecule has 1 saturated heterocycles. The number of rotatable bonds is 4. The Morgan fingerprint density at radius 3 is 1.67 bits per heavy atom. The van der Waals surface area contributed by atoms with E-state index in [-0.39, 0.29) is 5.43 Å². The Morgan fingerprint density at radius 2 is 1.17 bits per heavy atom. The maximum atomic E-state index is 2.58. The summed E-state index contributed by atoms with van der Waals surface area (Å²) >= 11 is -1.97. The third kappa shape index (κ3) is 4.00. The Kier molecular flexibility index (Phi) is 6.12. The van der Waals surface area contributed by atoms with Crippen LogP contribution in [0.2, 0.25) is 12.1 Å². The molecule has 0 bridgehead atoms. The molecule has 0 amide bonds. The number of allylic oxidation sites excluding steroid dienone is 4. The molecular formula is C34H30SiZr. The molecule has 3 aliphatic rings. The molecule has 7 rings (SSSR count). The monoisotopic (exact) mass is 556 g/mol. The van der Waals surface area contributed by atoms with Gasteiger partial charge in [0.05, 0.1) is 0 Å². The van der Waals surface area contributed by atoms with E-state index in [1.807, 2.05) is 3.28 Å². The molecule has 0 unspecified atom stereocenters. The summed E-state index contributed by atoms with van der Waals surface area (Å²) in [4.78, 5) is 0. The third-order valence-electron chi connectivity index (χ3n) is 8.22. The second-order valence-corrected chi connectivity index (χ2v) is 26.0. The number of fused-ring (bicyclic) bond motifs is 3. The van der Waals surface area contributed by atoms with Crippen molar-refractivity contribution < 1.29 is 20.4 Å². The SMILES string of the molecule is C1=CC[C]([Zr]([CH]2c3cc(-c4ccccc4)ccc3-c3ccc(-c4ccccc4)cc32)=[Si]2CCCC2)=C1. The van der Waals surface area contributed by atoms with E-state index in [9.17, 15) is 0 Å². The van der Waals surface area contributed by atoms with Gasteiger partial charge in [-0.25, -0.2) is 0 Å². The van der Waals surface area contributed by atoms with E-state index in [0.29, 0.717) is 3.63 Å². The minimum absolute atomic E-state index is 0.265. The van der Waals surface area contributed by atoms with Crippen LogP contribution in [-0.4, -0.2) is 5.43 Å². The number of hydrogen-bond donors (Lipinski definition) is 0. The van der Waals surface area contributed by atoms with Gasteiger partial charge < -0.3 is 0 Å². The Morgan fingerprint density at radius 1 is 0.611 bits per heavy atom. The topological polar surface area (TPSA) is 0 Å². The Bertz CT molecular complexity index is 1450. The van der Waals surface area contributed by atoms with E-state index in [1.54, 1.807) is 23.2 Å². The van der Waals surface area contributed by atoms with Gasteiger partial charge in [-0.2, -0.15) is 0 Å². The van der Waals surface area contributed by atoms with Gasteiger partial charge in [-0.1, -0.05) is 0 Å². The van der Waals surface area contributed by atoms with Crippen molar-refractivity contribution in [1.82, 2.24) is 0 Å². The molecule has 174 valence electrons. The van der Waals surface area contributed by atoms with Gasteiger partial charge in [0.2, 0.25) is 0 Å². The van der Waals surface area contributed by atoms with Crippen LogP contribution in [0.5, 0.6) is 0 Å². The first-order valence-electron chi connectivity index (χ1n) is 13.3. The van der Waals surface area contributed by atoms with Gasteiger partial charge in [-0.05, 0) is 0 Å². The zero-order valence-corrected chi connectivity index (χ0v) is 24.0.